The summed E-state index contributed by atoms with van der Waals surface area (Å²) in [4.78, 5) is 14.2. The van der Waals surface area contributed by atoms with Crippen LogP contribution in [0.5, 0.6) is 0 Å². The Kier molecular flexibility index (Phi) is 5.84. The van der Waals surface area contributed by atoms with Crippen LogP contribution in [0, 0.1) is 0 Å². The van der Waals surface area contributed by atoms with Gasteiger partial charge in [-0.05, 0) is 31.0 Å². The molecular formula is C14H17BrClNO3. The first-order valence-corrected chi connectivity index (χ1v) is 7.75. The van der Waals surface area contributed by atoms with Crippen LogP contribution in [0.3, 0.4) is 0 Å². The van der Waals surface area contributed by atoms with E-state index < -0.39 is 0 Å². The number of aliphatic hydroxyl groups excluding tert-OH is 1. The Bertz CT molecular complexity index is 455. The topological polar surface area (TPSA) is 49.8 Å². The second-order valence-electron chi connectivity index (χ2n) is 4.74. The van der Waals surface area contributed by atoms with Gasteiger partial charge in [-0.25, -0.2) is 0 Å². The van der Waals surface area contributed by atoms with Crippen LogP contribution in [0.25, 0.3) is 0 Å². The van der Waals surface area contributed by atoms with Crippen molar-refractivity contribution in [2.75, 3.05) is 26.3 Å². The third kappa shape index (κ3) is 4.19. The van der Waals surface area contributed by atoms with Crippen LogP contribution in [0.4, 0.5) is 0 Å². The molecule has 0 radical (unpaired) electrons. The fraction of sp³-hybridized carbons (Fsp3) is 0.500. The Morgan fingerprint density at radius 2 is 2.10 bits per heavy atom. The largest absolute Gasteiger partial charge is 0.394 e. The highest BCUT2D eigenvalue weighted by molar-refractivity contribution is 9.10. The van der Waals surface area contributed by atoms with E-state index in [4.69, 9.17) is 21.4 Å². The van der Waals surface area contributed by atoms with Crippen LogP contribution in [-0.2, 0) is 4.74 Å². The van der Waals surface area contributed by atoms with Crippen molar-refractivity contribution in [2.24, 2.45) is 0 Å². The Morgan fingerprint density at radius 1 is 1.40 bits per heavy atom. The Labute approximate surface area is 131 Å². The zero-order valence-corrected chi connectivity index (χ0v) is 13.4. The third-order valence-corrected chi connectivity index (χ3v) is 3.96. The minimum atomic E-state index is -0.00573. The van der Waals surface area contributed by atoms with Gasteiger partial charge in [0.05, 0.1) is 19.3 Å². The molecule has 20 heavy (non-hydrogen) atoms. The molecule has 0 aliphatic carbocycles. The molecule has 110 valence electrons. The highest BCUT2D eigenvalue weighted by Crippen LogP contribution is 2.22. The zero-order chi connectivity index (χ0) is 14.5. The predicted molar refractivity (Wildman–Crippen MR) is 81.1 cm³/mol. The summed E-state index contributed by atoms with van der Waals surface area (Å²) in [7, 11) is 0. The maximum atomic E-state index is 12.4. The summed E-state index contributed by atoms with van der Waals surface area (Å²) in [5.41, 5.74) is 0.596. The first-order valence-electron chi connectivity index (χ1n) is 6.58. The number of carbonyl (C=O) groups excluding carboxylic acids is 1. The number of nitrogens with zero attached hydrogens (tertiary/aromatic N) is 1. The molecule has 0 unspecified atom stereocenters. The van der Waals surface area contributed by atoms with Gasteiger partial charge in [0.25, 0.3) is 5.91 Å². The number of carbonyl (C=O) groups is 1. The van der Waals surface area contributed by atoms with E-state index in [-0.39, 0.29) is 18.6 Å². The van der Waals surface area contributed by atoms with Crippen molar-refractivity contribution < 1.29 is 14.6 Å². The number of ether oxygens (including phenoxy) is 1. The summed E-state index contributed by atoms with van der Waals surface area (Å²) in [6.45, 7) is 1.73. The molecule has 0 aromatic heterocycles. The average molecular weight is 363 g/mol. The van der Waals surface area contributed by atoms with Gasteiger partial charge in [0.2, 0.25) is 0 Å². The van der Waals surface area contributed by atoms with Gasteiger partial charge in [-0.3, -0.25) is 4.79 Å². The predicted octanol–water partition coefficient (Wildman–Crippen LogP) is 2.72. The van der Waals surface area contributed by atoms with Crippen LogP contribution >= 0.6 is 27.5 Å². The molecule has 1 fully saturated rings. The zero-order valence-electron chi connectivity index (χ0n) is 11.0. The minimum absolute atomic E-state index is 0.00573. The van der Waals surface area contributed by atoms with Crippen LogP contribution < -0.4 is 0 Å². The highest BCUT2D eigenvalue weighted by Gasteiger charge is 2.24. The normalized spacial score (nSPS) is 16.4. The maximum absolute atomic E-state index is 12.4. The first-order chi connectivity index (χ1) is 9.60. The monoisotopic (exact) mass is 361 g/mol. The molecule has 1 aromatic carbocycles. The van der Waals surface area contributed by atoms with E-state index in [1.165, 1.54) is 0 Å². The molecule has 0 saturated carbocycles. The van der Waals surface area contributed by atoms with Gasteiger partial charge in [-0.2, -0.15) is 0 Å². The molecule has 0 spiro atoms. The fourth-order valence-corrected chi connectivity index (χ4v) is 3.16. The maximum Gasteiger partial charge on any atom is 0.253 e. The van der Waals surface area contributed by atoms with E-state index in [1.54, 1.807) is 18.2 Å². The van der Waals surface area contributed by atoms with Crippen LogP contribution in [0.1, 0.15) is 23.2 Å². The molecule has 6 heteroatoms. The van der Waals surface area contributed by atoms with Crippen molar-refractivity contribution >= 4 is 33.4 Å². The standard InChI is InChI=1S/C14H17BrClNO3/c15-11-7-10(8-12(16)9-11)14(19)17-3-1-13(2-4-17)20-6-5-18/h7-9,13,18H,1-6H2. The molecule has 2 rings (SSSR count). The number of rotatable bonds is 4. The summed E-state index contributed by atoms with van der Waals surface area (Å²) in [6, 6.07) is 5.22. The second-order valence-corrected chi connectivity index (χ2v) is 6.10. The number of aliphatic hydroxyl groups is 1. The number of hydrogen-bond donors (Lipinski definition) is 1. The Morgan fingerprint density at radius 3 is 2.70 bits per heavy atom. The van der Waals surface area contributed by atoms with Gasteiger partial charge in [0.1, 0.15) is 0 Å². The van der Waals surface area contributed by atoms with E-state index in [1.807, 2.05) is 4.90 Å². The summed E-state index contributed by atoms with van der Waals surface area (Å²) < 4.78 is 6.29. The van der Waals surface area contributed by atoms with E-state index >= 15 is 0 Å². The summed E-state index contributed by atoms with van der Waals surface area (Å²) in [5.74, 6) is -0.00573. The summed E-state index contributed by atoms with van der Waals surface area (Å²) in [6.07, 6.45) is 1.73. The van der Waals surface area contributed by atoms with Crippen molar-refractivity contribution in [2.45, 2.75) is 18.9 Å². The summed E-state index contributed by atoms with van der Waals surface area (Å²) >= 11 is 9.31. The molecule has 4 nitrogen and oxygen atoms in total. The highest BCUT2D eigenvalue weighted by atomic mass is 79.9. The van der Waals surface area contributed by atoms with Gasteiger partial charge < -0.3 is 14.7 Å². The number of hydrogen-bond acceptors (Lipinski definition) is 3. The van der Waals surface area contributed by atoms with Gasteiger partial charge in [0.15, 0.2) is 0 Å². The third-order valence-electron chi connectivity index (χ3n) is 3.28. The number of benzene rings is 1. The lowest BCUT2D eigenvalue weighted by atomic mass is 10.1. The van der Waals surface area contributed by atoms with Crippen molar-refractivity contribution in [3.05, 3.63) is 33.3 Å². The van der Waals surface area contributed by atoms with Crippen molar-refractivity contribution in [1.29, 1.82) is 0 Å². The van der Waals surface area contributed by atoms with E-state index in [2.05, 4.69) is 15.9 Å². The molecular weight excluding hydrogens is 346 g/mol. The minimum Gasteiger partial charge on any atom is -0.394 e. The molecule has 1 aliphatic heterocycles. The van der Waals surface area contributed by atoms with Crippen molar-refractivity contribution in [1.82, 2.24) is 4.90 Å². The van der Waals surface area contributed by atoms with E-state index in [0.717, 1.165) is 17.3 Å². The molecule has 1 amide bonds. The molecule has 1 aliphatic rings. The number of piperidine rings is 1. The Balaban J connectivity index is 1.94. The lowest BCUT2D eigenvalue weighted by molar-refractivity contribution is -0.00554. The van der Waals surface area contributed by atoms with Gasteiger partial charge in [0, 0.05) is 28.1 Å². The Hall–Kier alpha value is -0.620. The molecule has 1 saturated heterocycles. The van der Waals surface area contributed by atoms with Crippen molar-refractivity contribution in [3.8, 4) is 0 Å². The second kappa shape index (κ2) is 7.41. The van der Waals surface area contributed by atoms with Gasteiger partial charge >= 0.3 is 0 Å². The van der Waals surface area contributed by atoms with Crippen LogP contribution in [-0.4, -0.2) is 48.3 Å². The van der Waals surface area contributed by atoms with Gasteiger partial charge in [-0.1, -0.05) is 27.5 Å². The average Bonchev–Trinajstić information content (AvgIpc) is 2.44. The molecule has 0 bridgehead atoms. The quantitative estimate of drug-likeness (QED) is 0.896. The lowest BCUT2D eigenvalue weighted by Crippen LogP contribution is -2.41. The number of halogens is 2. The van der Waals surface area contributed by atoms with E-state index in [9.17, 15) is 4.79 Å². The van der Waals surface area contributed by atoms with E-state index in [0.29, 0.717) is 30.3 Å². The number of likely N-dealkylation sites (tertiary alicyclic amines) is 1. The smallest absolute Gasteiger partial charge is 0.253 e. The first kappa shape index (κ1) is 15.8. The summed E-state index contributed by atoms with van der Waals surface area (Å²) in [5, 5.41) is 9.28. The van der Waals surface area contributed by atoms with Crippen LogP contribution in [0.15, 0.2) is 22.7 Å². The molecule has 1 N–H and O–H groups in total. The SMILES string of the molecule is O=C(c1cc(Cl)cc(Br)c1)N1CCC(OCCO)CC1. The molecule has 0 atom stereocenters. The van der Waals surface area contributed by atoms with Crippen LogP contribution in [0.2, 0.25) is 5.02 Å². The fourth-order valence-electron chi connectivity index (χ4n) is 2.30. The molecule has 1 aromatic rings. The van der Waals surface area contributed by atoms with Gasteiger partial charge in [-0.15, -0.1) is 0 Å². The molecule has 1 heterocycles. The number of amides is 1. The van der Waals surface area contributed by atoms with Crippen molar-refractivity contribution in [3.63, 3.8) is 0 Å². The lowest BCUT2D eigenvalue weighted by Gasteiger charge is -2.32.